The van der Waals surface area contributed by atoms with Crippen molar-refractivity contribution in [1.82, 2.24) is 25.9 Å². The van der Waals surface area contributed by atoms with E-state index >= 15 is 0 Å². The minimum atomic E-state index is -1.02. The first kappa shape index (κ1) is 46.4. The maximum absolute atomic E-state index is 14.2. The van der Waals surface area contributed by atoms with Crippen LogP contribution in [-0.4, -0.2) is 100 Å². The fourth-order valence-electron chi connectivity index (χ4n) is 8.16. The van der Waals surface area contributed by atoms with Crippen molar-refractivity contribution < 1.29 is 38.7 Å². The summed E-state index contributed by atoms with van der Waals surface area (Å²) in [5.41, 5.74) is -0.115. The molecule has 0 aliphatic carbocycles. The highest BCUT2D eigenvalue weighted by molar-refractivity contribution is 5.94. The maximum Gasteiger partial charge on any atom is 0.407 e. The molecule has 13 nitrogen and oxygen atoms in total. The van der Waals surface area contributed by atoms with Gasteiger partial charge < -0.3 is 35.5 Å². The molecule has 0 bridgehead atoms. The molecule has 0 spiro atoms. The molecule has 5 atom stereocenters. The van der Waals surface area contributed by atoms with Crippen LogP contribution in [0.1, 0.15) is 113 Å². The number of likely N-dealkylation sites (tertiary alicyclic amines) is 1. The Kier molecular flexibility index (Phi) is 17.4. The van der Waals surface area contributed by atoms with Gasteiger partial charge in [0.25, 0.3) is 0 Å². The molecule has 56 heavy (non-hydrogen) atoms. The summed E-state index contributed by atoms with van der Waals surface area (Å²) in [4.78, 5) is 68.8. The lowest BCUT2D eigenvalue weighted by molar-refractivity contribution is -0.256. The first-order chi connectivity index (χ1) is 26.2. The second kappa shape index (κ2) is 21.0. The molecule has 314 valence electrons. The van der Waals surface area contributed by atoms with Crippen molar-refractivity contribution in [3.63, 3.8) is 0 Å². The molecule has 3 rings (SSSR count). The Balaban J connectivity index is 1.62. The van der Waals surface area contributed by atoms with Crippen LogP contribution in [0.2, 0.25) is 0 Å². The van der Waals surface area contributed by atoms with Gasteiger partial charge in [-0.05, 0) is 89.5 Å². The number of benzene rings is 1. The van der Waals surface area contributed by atoms with Crippen molar-refractivity contribution in [2.75, 3.05) is 20.2 Å². The van der Waals surface area contributed by atoms with Gasteiger partial charge in [0.15, 0.2) is 0 Å². The van der Waals surface area contributed by atoms with Gasteiger partial charge in [0.05, 0.1) is 13.0 Å². The number of alkyl carbamates (subject to hydrolysis) is 1. The van der Waals surface area contributed by atoms with E-state index in [9.17, 15) is 29.2 Å². The Morgan fingerprint density at radius 2 is 1.59 bits per heavy atom. The van der Waals surface area contributed by atoms with Crippen LogP contribution >= 0.6 is 0 Å². The summed E-state index contributed by atoms with van der Waals surface area (Å²) in [5.74, 6) is -1.67. The lowest BCUT2D eigenvalue weighted by atomic mass is 9.80. The van der Waals surface area contributed by atoms with Gasteiger partial charge in [0.1, 0.15) is 24.2 Å². The van der Waals surface area contributed by atoms with Crippen LogP contribution in [0.3, 0.4) is 0 Å². The molecular weight excluding hydrogens is 714 g/mol. The standard InChI is InChI=1S/C43H69N5O8/c1-28(2)24-30(5)20-21-32(25-31-16-12-11-13-17-31)39(51)47-23-15-19-35(47)37(49)46-36(29(3)4)38(50)45-34(40(52)55-10)18-14-22-44-41(53)56-33-26-42(6,7)48(54)43(8,9)27-33/h11-13,16-17,20-21,28-30,32-36,54H,14-15,18-19,22-27H2,1-10H3,(H,44,53)(H,45,50)(H,46,49)/b21-20+/t30-,32-,34+,35+,36+/m1/s1. The van der Waals surface area contributed by atoms with Crippen molar-refractivity contribution in [2.24, 2.45) is 23.7 Å². The third-order valence-electron chi connectivity index (χ3n) is 10.8. The van der Waals surface area contributed by atoms with Gasteiger partial charge in [-0.1, -0.05) is 77.1 Å². The third-order valence-corrected chi connectivity index (χ3v) is 10.8. The summed E-state index contributed by atoms with van der Waals surface area (Å²) in [7, 11) is 1.23. The second-order valence-corrected chi connectivity index (χ2v) is 17.7. The molecule has 0 radical (unpaired) electrons. The Bertz CT molecular complexity index is 1480. The maximum atomic E-state index is 14.2. The molecule has 13 heteroatoms. The number of nitrogens with zero attached hydrogens (tertiary/aromatic N) is 2. The van der Waals surface area contributed by atoms with Crippen molar-refractivity contribution in [2.45, 2.75) is 149 Å². The number of carbonyl (C=O) groups excluding carboxylic acids is 5. The van der Waals surface area contributed by atoms with Crippen molar-refractivity contribution >= 4 is 29.8 Å². The highest BCUT2D eigenvalue weighted by atomic mass is 16.6. The lowest BCUT2D eigenvalue weighted by Gasteiger charge is -2.50. The van der Waals surface area contributed by atoms with E-state index in [1.54, 1.807) is 18.7 Å². The quantitative estimate of drug-likeness (QED) is 0.0819. The van der Waals surface area contributed by atoms with Crippen LogP contribution in [-0.2, 0) is 35.1 Å². The Hall–Kier alpha value is -3.97. The van der Waals surface area contributed by atoms with Gasteiger partial charge in [-0.25, -0.2) is 9.59 Å². The number of esters is 1. The average Bonchev–Trinajstić information content (AvgIpc) is 3.62. The molecule has 0 saturated carbocycles. The molecular formula is C43H69N5O8. The van der Waals surface area contributed by atoms with Crippen molar-refractivity contribution in [3.8, 4) is 0 Å². The summed E-state index contributed by atoms with van der Waals surface area (Å²) >= 11 is 0. The van der Waals surface area contributed by atoms with Gasteiger partial charge in [0, 0.05) is 37.0 Å². The van der Waals surface area contributed by atoms with Crippen LogP contribution in [0.4, 0.5) is 4.79 Å². The molecule has 2 saturated heterocycles. The number of hydrogen-bond donors (Lipinski definition) is 4. The number of methoxy groups -OCH3 is 1. The first-order valence-electron chi connectivity index (χ1n) is 20.4. The highest BCUT2D eigenvalue weighted by Crippen LogP contribution is 2.38. The number of amides is 4. The van der Waals surface area contributed by atoms with Crippen LogP contribution in [0.15, 0.2) is 42.5 Å². The number of hydrogen-bond acceptors (Lipinski definition) is 9. The van der Waals surface area contributed by atoms with E-state index in [-0.39, 0.29) is 30.9 Å². The predicted molar refractivity (Wildman–Crippen MR) is 215 cm³/mol. The Morgan fingerprint density at radius 3 is 2.18 bits per heavy atom. The fraction of sp³-hybridized carbons (Fsp3) is 0.698. The summed E-state index contributed by atoms with van der Waals surface area (Å²) in [6, 6.07) is 7.13. The van der Waals surface area contributed by atoms with Crippen LogP contribution in [0, 0.1) is 23.7 Å². The molecule has 2 heterocycles. The molecule has 1 aromatic rings. The summed E-state index contributed by atoms with van der Waals surface area (Å²) < 4.78 is 10.6. The van der Waals surface area contributed by atoms with Gasteiger partial charge in [-0.3, -0.25) is 14.4 Å². The summed E-state index contributed by atoms with van der Waals surface area (Å²) in [6.07, 6.45) is 7.19. The fourth-order valence-corrected chi connectivity index (χ4v) is 8.16. The van der Waals surface area contributed by atoms with E-state index in [0.717, 1.165) is 12.0 Å². The number of nitrogens with one attached hydrogen (secondary N) is 3. The summed E-state index contributed by atoms with van der Waals surface area (Å²) in [5, 5.41) is 20.2. The number of piperidine rings is 1. The van der Waals surface area contributed by atoms with Gasteiger partial charge in [-0.15, -0.1) is 0 Å². The number of carbonyl (C=O) groups is 5. The van der Waals surface area contributed by atoms with Crippen molar-refractivity contribution in [1.29, 1.82) is 0 Å². The SMILES string of the molecule is COC(=O)[C@H](CCCNC(=O)OC1CC(C)(C)N(O)C(C)(C)C1)NC(=O)[C@@H](NC(=O)[C@@H]1CCCN1C(=O)[C@H](/C=C/[C@@H](C)CC(C)C)Cc1ccccc1)C(C)C. The van der Waals surface area contributed by atoms with E-state index in [1.807, 2.05) is 64.1 Å². The van der Waals surface area contributed by atoms with Gasteiger partial charge in [0.2, 0.25) is 17.7 Å². The first-order valence-corrected chi connectivity index (χ1v) is 20.4. The molecule has 0 unspecified atom stereocenters. The van der Waals surface area contributed by atoms with Crippen LogP contribution < -0.4 is 16.0 Å². The molecule has 4 N–H and O–H groups in total. The van der Waals surface area contributed by atoms with Crippen LogP contribution in [0.25, 0.3) is 0 Å². The van der Waals surface area contributed by atoms with E-state index in [4.69, 9.17) is 9.47 Å². The molecule has 4 amide bonds. The lowest BCUT2D eigenvalue weighted by Crippen LogP contribution is -2.60. The van der Waals surface area contributed by atoms with Crippen LogP contribution in [0.5, 0.6) is 0 Å². The van der Waals surface area contributed by atoms with Gasteiger partial charge in [-0.2, -0.15) is 5.06 Å². The number of rotatable bonds is 18. The second-order valence-electron chi connectivity index (χ2n) is 17.7. The van der Waals surface area contributed by atoms with E-state index in [2.05, 4.69) is 42.8 Å². The molecule has 2 aliphatic rings. The zero-order valence-corrected chi connectivity index (χ0v) is 35.4. The Labute approximate surface area is 334 Å². The van der Waals surface area contributed by atoms with Crippen molar-refractivity contribution in [3.05, 3.63) is 48.0 Å². The number of hydroxylamine groups is 2. The monoisotopic (exact) mass is 784 g/mol. The molecule has 2 fully saturated rings. The normalized spacial score (nSPS) is 20.7. The zero-order chi connectivity index (χ0) is 41.8. The van der Waals surface area contributed by atoms with E-state index in [1.165, 1.54) is 12.2 Å². The largest absolute Gasteiger partial charge is 0.467 e. The van der Waals surface area contributed by atoms with Gasteiger partial charge >= 0.3 is 12.1 Å². The predicted octanol–water partition coefficient (Wildman–Crippen LogP) is 5.79. The van der Waals surface area contributed by atoms with E-state index < -0.39 is 59.0 Å². The third kappa shape index (κ3) is 13.6. The minimum absolute atomic E-state index is 0.114. The molecule has 0 aromatic heterocycles. The summed E-state index contributed by atoms with van der Waals surface area (Å²) in [6.45, 7) is 18.3. The topological polar surface area (TPSA) is 167 Å². The number of ether oxygens (including phenoxy) is 2. The zero-order valence-electron chi connectivity index (χ0n) is 35.4. The highest BCUT2D eigenvalue weighted by Gasteiger charge is 2.46. The number of allylic oxidation sites excluding steroid dienone is 1. The molecule has 2 aliphatic heterocycles. The average molecular weight is 784 g/mol. The smallest absolute Gasteiger partial charge is 0.407 e. The Morgan fingerprint density at radius 1 is 0.946 bits per heavy atom. The van der Waals surface area contributed by atoms with E-state index in [0.29, 0.717) is 56.9 Å². The minimum Gasteiger partial charge on any atom is -0.467 e. The molecule has 1 aromatic carbocycles.